The Morgan fingerprint density at radius 1 is 1.56 bits per heavy atom. The zero-order chi connectivity index (χ0) is 6.48. The average molecular weight is 123 g/mol. The Morgan fingerprint density at radius 2 is 2.11 bits per heavy atom. The summed E-state index contributed by atoms with van der Waals surface area (Å²) in [6, 6.07) is 0. The van der Waals surface area contributed by atoms with Gasteiger partial charge in [-0.2, -0.15) is 0 Å². The Labute approximate surface area is 56.4 Å². The van der Waals surface area contributed by atoms with Crippen molar-refractivity contribution in [3.8, 4) is 0 Å². The number of rotatable bonds is 0. The van der Waals surface area contributed by atoms with Gasteiger partial charge in [0.1, 0.15) is 0 Å². The first kappa shape index (κ1) is 5.48. The van der Waals surface area contributed by atoms with E-state index in [1.54, 1.807) is 5.57 Å². The van der Waals surface area contributed by atoms with E-state index in [9.17, 15) is 0 Å². The molecule has 0 N–H and O–H groups in total. The lowest BCUT2D eigenvalue weighted by atomic mass is 9.66. The van der Waals surface area contributed by atoms with Crippen molar-refractivity contribution < 1.29 is 0 Å². The summed E-state index contributed by atoms with van der Waals surface area (Å²) in [6.45, 7) is 4.82. The third-order valence-electron chi connectivity index (χ3n) is 2.35. The Bertz CT molecular complexity index is 163. The molecule has 0 aromatic heterocycles. The van der Waals surface area contributed by atoms with Crippen LogP contribution in [0.2, 0.25) is 0 Å². The standard InChI is InChI=1S/C8H13N/c1-7-3-8(4-7)5-9(2)6-8/h3H,4-6H2,1-2H3. The van der Waals surface area contributed by atoms with Gasteiger partial charge in [-0.15, -0.1) is 0 Å². The van der Waals surface area contributed by atoms with Gasteiger partial charge >= 0.3 is 0 Å². The predicted octanol–water partition coefficient (Wildman–Crippen LogP) is 1.27. The number of allylic oxidation sites excluding steroid dienone is 1. The van der Waals surface area contributed by atoms with Gasteiger partial charge in [0.2, 0.25) is 0 Å². The van der Waals surface area contributed by atoms with Crippen LogP contribution in [-0.4, -0.2) is 25.0 Å². The first-order valence-corrected chi connectivity index (χ1v) is 3.57. The minimum absolute atomic E-state index is 0.652. The smallest absolute Gasteiger partial charge is 0.0176 e. The molecule has 9 heavy (non-hydrogen) atoms. The van der Waals surface area contributed by atoms with Crippen molar-refractivity contribution >= 4 is 0 Å². The summed E-state index contributed by atoms with van der Waals surface area (Å²) in [4.78, 5) is 2.38. The molecule has 0 radical (unpaired) electrons. The molecule has 0 bridgehead atoms. The molecule has 2 rings (SSSR count). The monoisotopic (exact) mass is 123 g/mol. The molecule has 1 aliphatic heterocycles. The summed E-state index contributed by atoms with van der Waals surface area (Å²) in [5.41, 5.74) is 2.24. The highest BCUT2D eigenvalue weighted by Crippen LogP contribution is 2.45. The van der Waals surface area contributed by atoms with Gasteiger partial charge in [-0.25, -0.2) is 0 Å². The average Bonchev–Trinajstić information content (AvgIpc) is 1.58. The highest BCUT2D eigenvalue weighted by atomic mass is 15.2. The molecule has 0 aromatic rings. The molecular formula is C8H13N. The van der Waals surface area contributed by atoms with Crippen LogP contribution >= 0.6 is 0 Å². The molecule has 1 fully saturated rings. The van der Waals surface area contributed by atoms with E-state index in [1.807, 2.05) is 0 Å². The van der Waals surface area contributed by atoms with Crippen molar-refractivity contribution in [2.24, 2.45) is 5.41 Å². The number of nitrogens with zero attached hydrogens (tertiary/aromatic N) is 1. The van der Waals surface area contributed by atoms with E-state index in [2.05, 4.69) is 24.9 Å². The molecule has 1 aliphatic carbocycles. The lowest BCUT2D eigenvalue weighted by Crippen LogP contribution is -2.56. The summed E-state index contributed by atoms with van der Waals surface area (Å²) >= 11 is 0. The number of hydrogen-bond donors (Lipinski definition) is 0. The van der Waals surface area contributed by atoms with Crippen LogP contribution in [0.3, 0.4) is 0 Å². The van der Waals surface area contributed by atoms with E-state index in [-0.39, 0.29) is 0 Å². The molecular weight excluding hydrogens is 110 g/mol. The molecule has 50 valence electrons. The van der Waals surface area contributed by atoms with Gasteiger partial charge in [-0.3, -0.25) is 0 Å². The maximum atomic E-state index is 2.44. The minimum Gasteiger partial charge on any atom is -0.305 e. The maximum Gasteiger partial charge on any atom is 0.0176 e. The molecule has 0 amide bonds. The van der Waals surface area contributed by atoms with Gasteiger partial charge in [-0.05, 0) is 20.4 Å². The van der Waals surface area contributed by atoms with E-state index >= 15 is 0 Å². The minimum atomic E-state index is 0.652. The van der Waals surface area contributed by atoms with E-state index in [4.69, 9.17) is 0 Å². The van der Waals surface area contributed by atoms with E-state index in [0.29, 0.717) is 5.41 Å². The quantitative estimate of drug-likeness (QED) is 0.438. The van der Waals surface area contributed by atoms with Crippen molar-refractivity contribution in [3.63, 3.8) is 0 Å². The van der Waals surface area contributed by atoms with Crippen molar-refractivity contribution in [1.29, 1.82) is 0 Å². The summed E-state index contributed by atoms with van der Waals surface area (Å²) in [5, 5.41) is 0. The fraction of sp³-hybridized carbons (Fsp3) is 0.750. The Kier molecular flexibility index (Phi) is 0.854. The molecule has 0 unspecified atom stereocenters. The lowest BCUT2D eigenvalue weighted by Gasteiger charge is -2.52. The van der Waals surface area contributed by atoms with Crippen LogP contribution in [0.15, 0.2) is 11.6 Å². The summed E-state index contributed by atoms with van der Waals surface area (Å²) < 4.78 is 0. The van der Waals surface area contributed by atoms with Crippen molar-refractivity contribution in [2.45, 2.75) is 13.3 Å². The second-order valence-electron chi connectivity index (χ2n) is 3.70. The van der Waals surface area contributed by atoms with Gasteiger partial charge in [0.05, 0.1) is 0 Å². The van der Waals surface area contributed by atoms with E-state index in [1.165, 1.54) is 19.5 Å². The SMILES string of the molecule is CC1=CC2(C1)CN(C)C2. The normalized spacial score (nSPS) is 31.1. The Balaban J connectivity index is 2.03. The van der Waals surface area contributed by atoms with Gasteiger partial charge in [-0.1, -0.05) is 11.6 Å². The second-order valence-corrected chi connectivity index (χ2v) is 3.70. The van der Waals surface area contributed by atoms with E-state index in [0.717, 1.165) is 0 Å². The van der Waals surface area contributed by atoms with Gasteiger partial charge in [0.15, 0.2) is 0 Å². The van der Waals surface area contributed by atoms with Crippen LogP contribution in [0.5, 0.6) is 0 Å². The Morgan fingerprint density at radius 3 is 2.44 bits per heavy atom. The first-order valence-electron chi connectivity index (χ1n) is 3.57. The first-order chi connectivity index (χ1) is 4.20. The molecule has 0 atom stereocenters. The summed E-state index contributed by atoms with van der Waals surface area (Å²) in [5.74, 6) is 0. The van der Waals surface area contributed by atoms with Crippen LogP contribution in [0, 0.1) is 5.41 Å². The Hall–Kier alpha value is -0.300. The fourth-order valence-electron chi connectivity index (χ4n) is 2.28. The van der Waals surface area contributed by atoms with E-state index < -0.39 is 0 Å². The zero-order valence-corrected chi connectivity index (χ0v) is 6.15. The van der Waals surface area contributed by atoms with Crippen LogP contribution in [0.25, 0.3) is 0 Å². The van der Waals surface area contributed by atoms with Crippen molar-refractivity contribution in [1.82, 2.24) is 4.90 Å². The number of hydrogen-bond acceptors (Lipinski definition) is 1. The fourth-order valence-corrected chi connectivity index (χ4v) is 2.28. The maximum absolute atomic E-state index is 2.44. The van der Waals surface area contributed by atoms with Crippen molar-refractivity contribution in [3.05, 3.63) is 11.6 Å². The highest BCUT2D eigenvalue weighted by Gasteiger charge is 2.43. The number of likely N-dealkylation sites (tertiary alicyclic amines) is 1. The largest absolute Gasteiger partial charge is 0.305 e. The summed E-state index contributed by atoms with van der Waals surface area (Å²) in [7, 11) is 2.19. The van der Waals surface area contributed by atoms with Crippen LogP contribution in [0.1, 0.15) is 13.3 Å². The van der Waals surface area contributed by atoms with Crippen LogP contribution in [0.4, 0.5) is 0 Å². The van der Waals surface area contributed by atoms with Gasteiger partial charge < -0.3 is 4.90 Å². The van der Waals surface area contributed by atoms with Gasteiger partial charge in [0.25, 0.3) is 0 Å². The topological polar surface area (TPSA) is 3.24 Å². The lowest BCUT2D eigenvalue weighted by molar-refractivity contribution is 0.0492. The summed E-state index contributed by atoms with van der Waals surface area (Å²) in [6.07, 6.45) is 3.80. The molecule has 1 saturated heterocycles. The highest BCUT2D eigenvalue weighted by molar-refractivity contribution is 5.26. The van der Waals surface area contributed by atoms with Gasteiger partial charge in [0, 0.05) is 18.5 Å². The molecule has 2 aliphatic rings. The molecule has 1 heterocycles. The zero-order valence-electron chi connectivity index (χ0n) is 6.15. The third-order valence-corrected chi connectivity index (χ3v) is 2.35. The van der Waals surface area contributed by atoms with Crippen LogP contribution < -0.4 is 0 Å². The van der Waals surface area contributed by atoms with Crippen molar-refractivity contribution in [2.75, 3.05) is 20.1 Å². The third kappa shape index (κ3) is 0.645. The molecule has 1 spiro atoms. The molecule has 1 heteroatoms. The molecule has 1 nitrogen and oxygen atoms in total. The van der Waals surface area contributed by atoms with Crippen LogP contribution in [-0.2, 0) is 0 Å². The molecule has 0 saturated carbocycles. The predicted molar refractivity (Wildman–Crippen MR) is 38.3 cm³/mol. The second kappa shape index (κ2) is 1.40. The molecule has 0 aromatic carbocycles.